The Morgan fingerprint density at radius 1 is 0.359 bits per heavy atom. The van der Waals surface area contributed by atoms with Gasteiger partial charge in [-0.1, -0.05) is 388 Å². The Hall–Kier alpha value is -3.27. The van der Waals surface area contributed by atoms with Crippen molar-refractivity contribution in [2.75, 3.05) is 33.0 Å². The number of unbranched alkanes of at least 4 members (excludes halogenated alkanes) is 54. The highest BCUT2D eigenvalue weighted by Gasteiger charge is 2.53. The lowest BCUT2D eigenvalue weighted by atomic mass is 9.90. The number of hydrogen-bond donors (Lipinski definition) is 7. The molecule has 1 heterocycles. The second-order valence-corrected chi connectivity index (χ2v) is 36.1. The van der Waals surface area contributed by atoms with Gasteiger partial charge in [-0.25, -0.2) is 4.57 Å². The summed E-state index contributed by atoms with van der Waals surface area (Å²) in [4.78, 5) is 106. The molecule has 8 atom stereocenters. The maximum atomic E-state index is 15.0. The Morgan fingerprint density at radius 2 is 0.632 bits per heavy atom. The first kappa shape index (κ1) is 112. The number of aliphatic hydroxyl groups is 3. The number of phosphoric ester groups is 1. The van der Waals surface area contributed by atoms with Gasteiger partial charge in [0.2, 0.25) is 11.8 Å². The molecular weight excluding hydrogens is 1500 g/mol. The molecule has 1 fully saturated rings. The monoisotopic (exact) mass is 1690 g/mol. The third-order valence-electron chi connectivity index (χ3n) is 23.5. The molecule has 0 aliphatic carbocycles. The lowest BCUT2D eigenvalue weighted by molar-refractivity contribution is -0.278. The molecule has 22 heteroatoms. The van der Waals surface area contributed by atoms with Crippen molar-refractivity contribution >= 4 is 43.5 Å². The number of hydrogen-bond acceptors (Lipinski definition) is 17. The molecule has 690 valence electrons. The van der Waals surface area contributed by atoms with Crippen LogP contribution in [0.4, 0.5) is 0 Å². The van der Waals surface area contributed by atoms with Crippen LogP contribution in [0.3, 0.4) is 0 Å². The molecule has 1 saturated heterocycles. The highest BCUT2D eigenvalue weighted by atomic mass is 31.2. The van der Waals surface area contributed by atoms with E-state index in [-0.39, 0.29) is 38.2 Å². The molecule has 1 aliphatic heterocycles. The molecule has 1 aliphatic rings. The van der Waals surface area contributed by atoms with Gasteiger partial charge in [0, 0.05) is 25.8 Å². The molecule has 1 rings (SSSR count). The lowest BCUT2D eigenvalue weighted by Gasteiger charge is -2.46. The van der Waals surface area contributed by atoms with Gasteiger partial charge in [-0.3, -0.25) is 33.3 Å². The van der Waals surface area contributed by atoms with E-state index in [2.05, 4.69) is 52.2 Å². The van der Waals surface area contributed by atoms with Crippen molar-refractivity contribution in [3.8, 4) is 0 Å². The largest absolute Gasteiger partial charge is 0.470 e. The summed E-state index contributed by atoms with van der Waals surface area (Å²) in [6, 6.07) is -1.73. The van der Waals surface area contributed by atoms with E-state index in [1.165, 1.54) is 173 Å². The molecule has 0 aromatic carbocycles. The molecule has 0 bridgehead atoms. The molecule has 3 unspecified atom stereocenters. The summed E-state index contributed by atoms with van der Waals surface area (Å²) in [5.41, 5.74) is -1.69. The number of esters is 4. The van der Waals surface area contributed by atoms with Gasteiger partial charge >= 0.3 is 31.7 Å². The molecular formula is C95H181N2O19P. The Morgan fingerprint density at radius 3 is 0.915 bits per heavy atom. The van der Waals surface area contributed by atoms with Crippen LogP contribution < -0.4 is 10.6 Å². The van der Waals surface area contributed by atoms with Crippen LogP contribution in [0.5, 0.6) is 0 Å². The molecule has 0 aromatic heterocycles. The number of rotatable bonds is 87. The Kier molecular flexibility index (Phi) is 75.2. The highest BCUT2D eigenvalue weighted by molar-refractivity contribution is 7.46. The molecule has 0 saturated carbocycles. The van der Waals surface area contributed by atoms with Crippen molar-refractivity contribution in [1.29, 1.82) is 0 Å². The molecule has 117 heavy (non-hydrogen) atoms. The first-order valence-electron chi connectivity index (χ1n) is 49.0. The summed E-state index contributed by atoms with van der Waals surface area (Å²) in [6.07, 6.45) is 55.4. The Balaban J connectivity index is 3.84. The van der Waals surface area contributed by atoms with Crippen molar-refractivity contribution < 1.29 is 91.4 Å². The number of amides is 2. The van der Waals surface area contributed by atoms with Gasteiger partial charge in [-0.05, 0) is 57.8 Å². The maximum Gasteiger partial charge on any atom is 0.470 e. The molecule has 7 N–H and O–H groups in total. The van der Waals surface area contributed by atoms with Crippen molar-refractivity contribution in [1.82, 2.24) is 10.6 Å². The fourth-order valence-electron chi connectivity index (χ4n) is 15.9. The van der Waals surface area contributed by atoms with Crippen LogP contribution in [0.2, 0.25) is 0 Å². The average Bonchev–Trinajstić information content (AvgIpc) is 0.777. The molecule has 2 amide bonds. The number of phosphoric acid groups is 1. The van der Waals surface area contributed by atoms with E-state index in [1.807, 2.05) is 0 Å². The minimum Gasteiger partial charge on any atom is -0.462 e. The minimum absolute atomic E-state index is 0.139. The summed E-state index contributed by atoms with van der Waals surface area (Å²) in [5, 5.41) is 39.3. The topological polar surface area (TPSA) is 309 Å². The predicted octanol–water partition coefficient (Wildman–Crippen LogP) is 23.5. The zero-order chi connectivity index (χ0) is 85.8. The van der Waals surface area contributed by atoms with Gasteiger partial charge in [0.05, 0.1) is 51.1 Å². The standard InChI is InChI=1S/C95H181N2O19P/c1-7-13-19-25-31-37-40-46-52-58-64-70-87(103)111-81(67-61-55-49-43-34-28-22-16-10-4)73-85(101)96-77-95(78-99,79-100)80-110-94-91(97-86(102)74-82(68-62-56-50-44-35-29-23-17-11-5)112-88(104)71-65-59-53-47-41-38-32-26-20-14-8-2)93(92(84(76-98)114-94)116-117(107,108)109)115-90(106)75-83(69-63-57-51-45-36-30-24-18-12-6)113-89(105)72-66-60-54-48-42-39-33-27-21-15-9-3/h81-84,91-94,98-100H,7-80H2,1-6H3,(H,96,101)(H,97,102)(H2,107,108,109)/t81-,82-,83-,84?,91?,92-,93?,94-/m1/s1. The van der Waals surface area contributed by atoms with Crippen LogP contribution in [-0.4, -0.2) is 143 Å². The van der Waals surface area contributed by atoms with Crippen molar-refractivity contribution in [3.05, 3.63) is 0 Å². The van der Waals surface area contributed by atoms with Gasteiger partial charge in [-0.2, -0.15) is 0 Å². The van der Waals surface area contributed by atoms with Crippen LogP contribution in [0, 0.1) is 5.41 Å². The molecule has 0 spiro atoms. The Bertz CT molecular complexity index is 2380. The second kappa shape index (κ2) is 78.7. The van der Waals surface area contributed by atoms with Gasteiger partial charge in [-0.15, -0.1) is 0 Å². The zero-order valence-electron chi connectivity index (χ0n) is 75.8. The van der Waals surface area contributed by atoms with E-state index < -0.39 is 131 Å². The molecule has 0 radical (unpaired) electrons. The maximum absolute atomic E-state index is 15.0. The van der Waals surface area contributed by atoms with E-state index in [9.17, 15) is 53.6 Å². The van der Waals surface area contributed by atoms with E-state index in [0.717, 1.165) is 180 Å². The fraction of sp³-hybridized carbons (Fsp3) is 0.937. The van der Waals surface area contributed by atoms with Crippen LogP contribution in [0.1, 0.15) is 485 Å². The summed E-state index contributed by atoms with van der Waals surface area (Å²) in [7, 11) is -5.56. The van der Waals surface area contributed by atoms with E-state index >= 15 is 4.79 Å². The predicted molar refractivity (Wildman–Crippen MR) is 472 cm³/mol. The number of carbonyl (C=O) groups is 6. The van der Waals surface area contributed by atoms with Crippen molar-refractivity contribution in [3.63, 3.8) is 0 Å². The summed E-state index contributed by atoms with van der Waals surface area (Å²) < 4.78 is 56.0. The van der Waals surface area contributed by atoms with Crippen molar-refractivity contribution in [2.24, 2.45) is 5.41 Å². The van der Waals surface area contributed by atoms with E-state index in [1.54, 1.807) is 0 Å². The summed E-state index contributed by atoms with van der Waals surface area (Å²) in [6.45, 7) is 9.69. The van der Waals surface area contributed by atoms with E-state index in [4.69, 9.17) is 32.9 Å². The second-order valence-electron chi connectivity index (χ2n) is 34.9. The van der Waals surface area contributed by atoms with Crippen LogP contribution in [0.25, 0.3) is 0 Å². The summed E-state index contributed by atoms with van der Waals surface area (Å²) in [5.74, 6) is -3.55. The number of nitrogens with one attached hydrogen (secondary N) is 2. The minimum atomic E-state index is -5.56. The average molecular weight is 1690 g/mol. The third kappa shape index (κ3) is 65.1. The molecule has 21 nitrogen and oxygen atoms in total. The van der Waals surface area contributed by atoms with E-state index in [0.29, 0.717) is 51.4 Å². The highest BCUT2D eigenvalue weighted by Crippen LogP contribution is 2.43. The normalized spacial score (nSPS) is 16.6. The fourth-order valence-corrected chi connectivity index (χ4v) is 16.5. The van der Waals surface area contributed by atoms with Crippen molar-refractivity contribution in [2.45, 2.75) is 534 Å². The molecule has 0 aromatic rings. The zero-order valence-corrected chi connectivity index (χ0v) is 76.7. The SMILES string of the molecule is CCCCCCCCCCCCCC(=O)O[C@H](CCCCCCCCCCC)CC(=O)NCC(CO)(CO)CO[C@@H]1OC(CO)[C@@H](OP(=O)(O)O)C(OC(=O)C[C@@H](CCCCCCCCCCC)OC(=O)CCCCCCCCCCCCC)C1NC(=O)C[C@@H](CCCCCCCCCCC)OC(=O)CCCCCCCCCCCCC. The summed E-state index contributed by atoms with van der Waals surface area (Å²) >= 11 is 0. The van der Waals surface area contributed by atoms with Gasteiger partial charge in [0.1, 0.15) is 36.6 Å². The Labute approximate surface area is 713 Å². The number of carbonyl (C=O) groups excluding carboxylic acids is 6. The quantitative estimate of drug-likeness (QED) is 0.0129. The van der Waals surface area contributed by atoms with Gasteiger partial charge < -0.3 is 64.2 Å². The lowest BCUT2D eigenvalue weighted by Crippen LogP contribution is -2.67. The van der Waals surface area contributed by atoms with Crippen LogP contribution in [-0.2, 0) is 66.3 Å². The van der Waals surface area contributed by atoms with Crippen LogP contribution >= 0.6 is 7.82 Å². The first-order valence-corrected chi connectivity index (χ1v) is 50.6. The smallest absolute Gasteiger partial charge is 0.462 e. The van der Waals surface area contributed by atoms with Gasteiger partial charge in [0.25, 0.3) is 0 Å². The van der Waals surface area contributed by atoms with Gasteiger partial charge in [0.15, 0.2) is 12.4 Å². The van der Waals surface area contributed by atoms with Crippen LogP contribution in [0.15, 0.2) is 0 Å². The number of aliphatic hydroxyl groups excluding tert-OH is 3. The third-order valence-corrected chi connectivity index (χ3v) is 24.0. The number of ether oxygens (including phenoxy) is 6. The first-order chi connectivity index (χ1) is 56.9.